The van der Waals surface area contributed by atoms with Gasteiger partial charge < -0.3 is 15.6 Å². The fourth-order valence-corrected chi connectivity index (χ4v) is 3.19. The predicted octanol–water partition coefficient (Wildman–Crippen LogP) is 1.62. The monoisotopic (exact) mass is 292 g/mol. The summed E-state index contributed by atoms with van der Waals surface area (Å²) in [4.78, 5) is 13.7. The van der Waals surface area contributed by atoms with E-state index in [4.69, 9.17) is 0 Å². The lowest BCUT2D eigenvalue weighted by Gasteiger charge is -2.32. The third-order valence-electron chi connectivity index (χ3n) is 3.51. The zero-order valence-electron chi connectivity index (χ0n) is 12.1. The highest BCUT2D eigenvalue weighted by Gasteiger charge is 2.16. The molecule has 6 nitrogen and oxygen atoms in total. The Balaban J connectivity index is 1.89. The first-order valence-corrected chi connectivity index (χ1v) is 7.63. The number of hydrazine groups is 1. The standard InChI is InChI=1S/C13H20N6S/c1-9-8-10-11(15-13(14-2)16-12(10)20-9)17-19-6-4-18(3)5-7-19/h8H,4-7H2,1-3H3,(H2,14,15,16,17). The molecule has 20 heavy (non-hydrogen) atoms. The number of hydrogen-bond acceptors (Lipinski definition) is 7. The highest BCUT2D eigenvalue weighted by Crippen LogP contribution is 2.29. The minimum Gasteiger partial charge on any atom is -0.357 e. The summed E-state index contributed by atoms with van der Waals surface area (Å²) in [5, 5.41) is 6.36. The molecule has 1 aliphatic rings. The molecule has 1 aliphatic heterocycles. The van der Waals surface area contributed by atoms with Crippen LogP contribution in [-0.2, 0) is 0 Å². The van der Waals surface area contributed by atoms with E-state index in [2.05, 4.69) is 50.7 Å². The summed E-state index contributed by atoms with van der Waals surface area (Å²) in [6.45, 7) is 6.25. The van der Waals surface area contributed by atoms with Crippen LogP contribution in [0.25, 0.3) is 10.2 Å². The Morgan fingerprint density at radius 2 is 1.95 bits per heavy atom. The number of nitrogens with one attached hydrogen (secondary N) is 2. The number of nitrogens with zero attached hydrogens (tertiary/aromatic N) is 4. The van der Waals surface area contributed by atoms with Crippen LogP contribution in [0.4, 0.5) is 11.8 Å². The number of piperazine rings is 1. The van der Waals surface area contributed by atoms with Gasteiger partial charge in [-0.05, 0) is 20.0 Å². The molecule has 0 amide bonds. The molecule has 2 aromatic heterocycles. The summed E-state index contributed by atoms with van der Waals surface area (Å²) in [6.07, 6.45) is 0. The Bertz CT molecular complexity index is 602. The maximum atomic E-state index is 4.56. The zero-order valence-corrected chi connectivity index (χ0v) is 12.9. The number of aromatic nitrogens is 2. The van der Waals surface area contributed by atoms with Crippen LogP contribution in [0, 0.1) is 6.92 Å². The van der Waals surface area contributed by atoms with Gasteiger partial charge in [0.05, 0.1) is 5.39 Å². The van der Waals surface area contributed by atoms with Crippen molar-refractivity contribution in [1.29, 1.82) is 0 Å². The minimum atomic E-state index is 0.663. The second-order valence-electron chi connectivity index (χ2n) is 5.12. The lowest BCUT2D eigenvalue weighted by Crippen LogP contribution is -2.47. The van der Waals surface area contributed by atoms with Crippen LogP contribution in [-0.4, -0.2) is 60.2 Å². The molecular formula is C13H20N6S. The maximum absolute atomic E-state index is 4.56. The number of hydrogen-bond donors (Lipinski definition) is 2. The molecule has 3 heterocycles. The van der Waals surface area contributed by atoms with Gasteiger partial charge >= 0.3 is 0 Å². The van der Waals surface area contributed by atoms with Crippen molar-refractivity contribution in [3.63, 3.8) is 0 Å². The van der Waals surface area contributed by atoms with E-state index in [1.165, 1.54) is 4.88 Å². The second kappa shape index (κ2) is 5.51. The third kappa shape index (κ3) is 2.70. The van der Waals surface area contributed by atoms with Crippen molar-refractivity contribution in [1.82, 2.24) is 19.9 Å². The zero-order chi connectivity index (χ0) is 14.1. The van der Waals surface area contributed by atoms with Gasteiger partial charge in [0.25, 0.3) is 0 Å². The summed E-state index contributed by atoms with van der Waals surface area (Å²) in [7, 11) is 4.00. The molecule has 2 N–H and O–H groups in total. The van der Waals surface area contributed by atoms with Crippen LogP contribution < -0.4 is 10.7 Å². The van der Waals surface area contributed by atoms with Crippen LogP contribution in [0.15, 0.2) is 6.07 Å². The Morgan fingerprint density at radius 1 is 1.20 bits per heavy atom. The topological polar surface area (TPSA) is 56.3 Å². The van der Waals surface area contributed by atoms with Gasteiger partial charge in [0.15, 0.2) is 5.82 Å². The summed E-state index contributed by atoms with van der Waals surface area (Å²) >= 11 is 1.70. The fourth-order valence-electron chi connectivity index (χ4n) is 2.31. The molecule has 1 fully saturated rings. The van der Waals surface area contributed by atoms with E-state index in [0.717, 1.165) is 42.2 Å². The summed E-state index contributed by atoms with van der Waals surface area (Å²) in [5.41, 5.74) is 3.45. The van der Waals surface area contributed by atoms with E-state index in [1.54, 1.807) is 11.3 Å². The molecule has 0 bridgehead atoms. The van der Waals surface area contributed by atoms with Gasteiger partial charge in [-0.3, -0.25) is 0 Å². The summed E-state index contributed by atoms with van der Waals surface area (Å²) in [6, 6.07) is 2.15. The molecule has 0 spiro atoms. The van der Waals surface area contributed by atoms with Gasteiger partial charge in [-0.1, -0.05) is 0 Å². The predicted molar refractivity (Wildman–Crippen MR) is 84.4 cm³/mol. The lowest BCUT2D eigenvalue weighted by atomic mass is 10.3. The average Bonchev–Trinajstić information content (AvgIpc) is 2.81. The lowest BCUT2D eigenvalue weighted by molar-refractivity contribution is 0.178. The maximum Gasteiger partial charge on any atom is 0.225 e. The van der Waals surface area contributed by atoms with Crippen LogP contribution in [0.2, 0.25) is 0 Å². The summed E-state index contributed by atoms with van der Waals surface area (Å²) in [5.74, 6) is 1.56. The van der Waals surface area contributed by atoms with Gasteiger partial charge in [0.2, 0.25) is 5.95 Å². The Morgan fingerprint density at radius 3 is 2.65 bits per heavy atom. The quantitative estimate of drug-likeness (QED) is 0.896. The van der Waals surface area contributed by atoms with E-state index in [-0.39, 0.29) is 0 Å². The third-order valence-corrected chi connectivity index (χ3v) is 4.45. The van der Waals surface area contributed by atoms with Gasteiger partial charge in [0.1, 0.15) is 4.83 Å². The van der Waals surface area contributed by atoms with Gasteiger partial charge in [-0.25, -0.2) is 9.99 Å². The van der Waals surface area contributed by atoms with Gasteiger partial charge in [0, 0.05) is 38.1 Å². The van der Waals surface area contributed by atoms with Crippen molar-refractivity contribution in [3.05, 3.63) is 10.9 Å². The highest BCUT2D eigenvalue weighted by molar-refractivity contribution is 7.18. The van der Waals surface area contributed by atoms with Crippen molar-refractivity contribution < 1.29 is 0 Å². The molecule has 3 rings (SSSR count). The van der Waals surface area contributed by atoms with E-state index in [9.17, 15) is 0 Å². The van der Waals surface area contributed by atoms with E-state index in [0.29, 0.717) is 5.95 Å². The molecule has 0 atom stereocenters. The van der Waals surface area contributed by atoms with Crippen molar-refractivity contribution in [2.24, 2.45) is 0 Å². The van der Waals surface area contributed by atoms with E-state index < -0.39 is 0 Å². The SMILES string of the molecule is CNc1nc(NN2CCN(C)CC2)c2cc(C)sc2n1. The Labute approximate surface area is 122 Å². The minimum absolute atomic E-state index is 0.663. The molecular weight excluding hydrogens is 272 g/mol. The first-order valence-electron chi connectivity index (χ1n) is 6.82. The van der Waals surface area contributed by atoms with Crippen LogP contribution in [0.5, 0.6) is 0 Å². The first kappa shape index (κ1) is 13.5. The Kier molecular flexibility index (Phi) is 3.73. The highest BCUT2D eigenvalue weighted by atomic mass is 32.1. The van der Waals surface area contributed by atoms with Crippen molar-refractivity contribution in [2.75, 3.05) is 51.0 Å². The molecule has 1 saturated heterocycles. The van der Waals surface area contributed by atoms with Crippen molar-refractivity contribution in [2.45, 2.75) is 6.92 Å². The molecule has 0 unspecified atom stereocenters. The molecule has 0 aromatic carbocycles. The van der Waals surface area contributed by atoms with Crippen molar-refractivity contribution in [3.8, 4) is 0 Å². The second-order valence-corrected chi connectivity index (χ2v) is 6.36. The van der Waals surface area contributed by atoms with Gasteiger partial charge in [-0.15, -0.1) is 11.3 Å². The van der Waals surface area contributed by atoms with Crippen molar-refractivity contribution >= 4 is 33.3 Å². The molecule has 7 heteroatoms. The Hall–Kier alpha value is -1.44. The molecule has 0 saturated carbocycles. The molecule has 2 aromatic rings. The van der Waals surface area contributed by atoms with E-state index in [1.807, 2.05) is 7.05 Å². The number of anilines is 2. The smallest absolute Gasteiger partial charge is 0.225 e. The molecule has 108 valence electrons. The molecule has 0 aliphatic carbocycles. The van der Waals surface area contributed by atoms with Crippen LogP contribution >= 0.6 is 11.3 Å². The normalized spacial score (nSPS) is 17.6. The average molecular weight is 292 g/mol. The first-order chi connectivity index (χ1) is 9.65. The van der Waals surface area contributed by atoms with Crippen LogP contribution in [0.3, 0.4) is 0 Å². The summed E-state index contributed by atoms with van der Waals surface area (Å²) < 4.78 is 0. The van der Waals surface area contributed by atoms with Crippen LogP contribution in [0.1, 0.15) is 4.88 Å². The van der Waals surface area contributed by atoms with Gasteiger partial charge in [-0.2, -0.15) is 4.98 Å². The number of aryl methyl sites for hydroxylation is 1. The number of rotatable bonds is 3. The number of fused-ring (bicyclic) bond motifs is 1. The number of thiophene rings is 1. The van der Waals surface area contributed by atoms with E-state index >= 15 is 0 Å². The number of likely N-dealkylation sites (N-methyl/N-ethyl adjacent to an activating group) is 1. The fraction of sp³-hybridized carbons (Fsp3) is 0.538. The largest absolute Gasteiger partial charge is 0.357 e. The molecule has 0 radical (unpaired) electrons.